The van der Waals surface area contributed by atoms with E-state index in [-0.39, 0.29) is 5.91 Å². The van der Waals surface area contributed by atoms with Crippen molar-refractivity contribution >= 4 is 36.3 Å². The molecule has 18 heavy (non-hydrogen) atoms. The van der Waals surface area contributed by atoms with Crippen molar-refractivity contribution in [3.8, 4) is 0 Å². The number of allylic oxidation sites excluding steroid dienone is 2. The van der Waals surface area contributed by atoms with E-state index in [1.54, 1.807) is 11.8 Å². The van der Waals surface area contributed by atoms with Gasteiger partial charge in [-0.2, -0.15) is 24.4 Å². The fourth-order valence-electron chi connectivity index (χ4n) is 1.28. The Morgan fingerprint density at radius 1 is 1.39 bits per heavy atom. The second-order valence-electron chi connectivity index (χ2n) is 3.76. The lowest BCUT2D eigenvalue weighted by atomic mass is 10.2. The first-order valence-corrected chi connectivity index (χ1v) is 7.91. The van der Waals surface area contributed by atoms with Crippen LogP contribution in [0.2, 0.25) is 0 Å². The maximum absolute atomic E-state index is 11.5. The maximum Gasteiger partial charge on any atom is 0.326 e. The van der Waals surface area contributed by atoms with Crippen LogP contribution in [0.5, 0.6) is 0 Å². The number of carboxylic acids is 1. The van der Waals surface area contributed by atoms with Crippen molar-refractivity contribution in [3.05, 3.63) is 12.2 Å². The third-order valence-electron chi connectivity index (χ3n) is 2.24. The Labute approximate surface area is 118 Å². The summed E-state index contributed by atoms with van der Waals surface area (Å²) in [6, 6.07) is -0.772. The smallest absolute Gasteiger partial charge is 0.326 e. The van der Waals surface area contributed by atoms with Gasteiger partial charge in [-0.1, -0.05) is 12.2 Å². The van der Waals surface area contributed by atoms with Crippen LogP contribution in [0.3, 0.4) is 0 Å². The number of carboxylic acid groups (broad SMARTS) is 1. The van der Waals surface area contributed by atoms with Gasteiger partial charge in [0, 0.05) is 6.42 Å². The van der Waals surface area contributed by atoms with E-state index in [9.17, 15) is 9.59 Å². The molecule has 0 aromatic carbocycles. The standard InChI is InChI=1S/C12H21NO3S2/c1-18-9-7-10(12(15)16)13-11(14)6-4-2-3-5-8-17/h2-3,10,17H,4-9H2,1H3,(H,13,14)(H,15,16)/b3-2+/t10-/m0/s1. The van der Waals surface area contributed by atoms with E-state index in [1.165, 1.54) is 0 Å². The highest BCUT2D eigenvalue weighted by Gasteiger charge is 2.18. The lowest BCUT2D eigenvalue weighted by Crippen LogP contribution is -2.41. The molecule has 104 valence electrons. The molecule has 0 fully saturated rings. The van der Waals surface area contributed by atoms with E-state index >= 15 is 0 Å². The quantitative estimate of drug-likeness (QED) is 0.425. The third-order valence-corrected chi connectivity index (χ3v) is 3.15. The summed E-state index contributed by atoms with van der Waals surface area (Å²) in [6.07, 6.45) is 8.11. The summed E-state index contributed by atoms with van der Waals surface area (Å²) in [5.74, 6) is 0.333. The SMILES string of the molecule is CSCC[C@H](NC(=O)CC/C=C/CCS)C(=O)O. The van der Waals surface area contributed by atoms with E-state index in [0.717, 1.165) is 17.9 Å². The molecule has 1 amide bonds. The molecule has 0 heterocycles. The van der Waals surface area contributed by atoms with Crippen molar-refractivity contribution in [2.24, 2.45) is 0 Å². The number of hydrogen-bond acceptors (Lipinski definition) is 4. The summed E-state index contributed by atoms with van der Waals surface area (Å²) in [5, 5.41) is 11.5. The Morgan fingerprint density at radius 3 is 2.61 bits per heavy atom. The first-order chi connectivity index (χ1) is 8.61. The molecule has 0 bridgehead atoms. The number of hydrogen-bond donors (Lipinski definition) is 3. The Hall–Kier alpha value is -0.620. The van der Waals surface area contributed by atoms with Gasteiger partial charge in [-0.3, -0.25) is 4.79 Å². The molecule has 0 aliphatic carbocycles. The van der Waals surface area contributed by atoms with Gasteiger partial charge in [-0.15, -0.1) is 0 Å². The van der Waals surface area contributed by atoms with Crippen molar-refractivity contribution in [1.82, 2.24) is 5.32 Å². The molecule has 0 spiro atoms. The summed E-state index contributed by atoms with van der Waals surface area (Å²) in [5.41, 5.74) is 0. The predicted octanol–water partition coefficient (Wildman–Crippen LogP) is 1.97. The zero-order valence-electron chi connectivity index (χ0n) is 10.6. The van der Waals surface area contributed by atoms with Crippen LogP contribution in [0, 0.1) is 0 Å². The van der Waals surface area contributed by atoms with Crippen LogP contribution in [0.25, 0.3) is 0 Å². The number of carbonyl (C=O) groups is 2. The number of rotatable bonds is 10. The molecule has 0 saturated heterocycles. The number of thiol groups is 1. The zero-order chi connectivity index (χ0) is 13.8. The molecule has 0 rings (SSSR count). The van der Waals surface area contributed by atoms with Crippen molar-refractivity contribution < 1.29 is 14.7 Å². The Kier molecular flexibility index (Phi) is 11.1. The summed E-state index contributed by atoms with van der Waals surface area (Å²) < 4.78 is 0. The molecular formula is C12H21NO3S2. The van der Waals surface area contributed by atoms with Crippen LogP contribution in [-0.2, 0) is 9.59 Å². The molecule has 4 nitrogen and oxygen atoms in total. The maximum atomic E-state index is 11.5. The Balaban J connectivity index is 3.91. The van der Waals surface area contributed by atoms with E-state index in [0.29, 0.717) is 19.3 Å². The lowest BCUT2D eigenvalue weighted by Gasteiger charge is -2.13. The fraction of sp³-hybridized carbons (Fsp3) is 0.667. The van der Waals surface area contributed by atoms with Gasteiger partial charge in [0.15, 0.2) is 0 Å². The van der Waals surface area contributed by atoms with Gasteiger partial charge in [0.1, 0.15) is 6.04 Å². The minimum Gasteiger partial charge on any atom is -0.480 e. The third kappa shape index (κ3) is 9.41. The van der Waals surface area contributed by atoms with Gasteiger partial charge in [0.25, 0.3) is 0 Å². The lowest BCUT2D eigenvalue weighted by molar-refractivity contribution is -0.141. The molecule has 6 heteroatoms. The van der Waals surface area contributed by atoms with Crippen LogP contribution in [0.15, 0.2) is 12.2 Å². The van der Waals surface area contributed by atoms with Crippen molar-refractivity contribution in [2.45, 2.75) is 31.7 Å². The van der Waals surface area contributed by atoms with E-state index < -0.39 is 12.0 Å². The minimum absolute atomic E-state index is 0.209. The average molecular weight is 291 g/mol. The normalized spacial score (nSPS) is 12.6. The summed E-state index contributed by atoms with van der Waals surface area (Å²) in [7, 11) is 0. The van der Waals surface area contributed by atoms with Gasteiger partial charge >= 0.3 is 5.97 Å². The second-order valence-corrected chi connectivity index (χ2v) is 5.19. The van der Waals surface area contributed by atoms with Crippen LogP contribution >= 0.6 is 24.4 Å². The number of carbonyl (C=O) groups excluding carboxylic acids is 1. The van der Waals surface area contributed by atoms with Gasteiger partial charge in [0.2, 0.25) is 5.91 Å². The number of thioether (sulfide) groups is 1. The number of aliphatic carboxylic acids is 1. The Bertz CT molecular complexity index is 282. The van der Waals surface area contributed by atoms with Gasteiger partial charge in [0.05, 0.1) is 0 Å². The highest BCUT2D eigenvalue weighted by molar-refractivity contribution is 7.98. The van der Waals surface area contributed by atoms with Crippen LogP contribution in [0.1, 0.15) is 25.7 Å². The first-order valence-electron chi connectivity index (χ1n) is 5.88. The minimum atomic E-state index is -0.969. The molecule has 2 N–H and O–H groups in total. The largest absolute Gasteiger partial charge is 0.480 e. The van der Waals surface area contributed by atoms with Crippen LogP contribution in [-0.4, -0.2) is 40.8 Å². The number of nitrogens with one attached hydrogen (secondary N) is 1. The predicted molar refractivity (Wildman–Crippen MR) is 79.4 cm³/mol. The highest BCUT2D eigenvalue weighted by Crippen LogP contribution is 2.02. The summed E-state index contributed by atoms with van der Waals surface area (Å²) in [4.78, 5) is 22.4. The summed E-state index contributed by atoms with van der Waals surface area (Å²) >= 11 is 5.63. The molecule has 0 aromatic rings. The molecular weight excluding hydrogens is 270 g/mol. The van der Waals surface area contributed by atoms with E-state index in [2.05, 4.69) is 17.9 Å². The summed E-state index contributed by atoms with van der Waals surface area (Å²) in [6.45, 7) is 0. The van der Waals surface area contributed by atoms with Gasteiger partial charge in [-0.25, -0.2) is 4.79 Å². The Morgan fingerprint density at radius 2 is 2.06 bits per heavy atom. The monoisotopic (exact) mass is 291 g/mol. The van der Waals surface area contributed by atoms with Crippen molar-refractivity contribution in [2.75, 3.05) is 17.8 Å². The molecule has 0 aromatic heterocycles. The molecule has 0 radical (unpaired) electrons. The molecule has 0 unspecified atom stereocenters. The molecule has 0 saturated carbocycles. The zero-order valence-corrected chi connectivity index (χ0v) is 12.3. The van der Waals surface area contributed by atoms with Gasteiger partial charge in [-0.05, 0) is 37.0 Å². The van der Waals surface area contributed by atoms with E-state index in [4.69, 9.17) is 5.11 Å². The van der Waals surface area contributed by atoms with E-state index in [1.807, 2.05) is 18.4 Å². The van der Waals surface area contributed by atoms with Crippen LogP contribution < -0.4 is 5.32 Å². The average Bonchev–Trinajstić information content (AvgIpc) is 2.33. The molecule has 0 aliphatic heterocycles. The number of amides is 1. The second kappa shape index (κ2) is 11.5. The van der Waals surface area contributed by atoms with Crippen LogP contribution in [0.4, 0.5) is 0 Å². The first kappa shape index (κ1) is 17.4. The van der Waals surface area contributed by atoms with Crippen molar-refractivity contribution in [3.63, 3.8) is 0 Å². The molecule has 0 aliphatic rings. The highest BCUT2D eigenvalue weighted by atomic mass is 32.2. The fourth-order valence-corrected chi connectivity index (χ4v) is 1.90. The van der Waals surface area contributed by atoms with Crippen molar-refractivity contribution in [1.29, 1.82) is 0 Å². The molecule has 1 atom stereocenters. The van der Waals surface area contributed by atoms with Gasteiger partial charge < -0.3 is 10.4 Å². The topological polar surface area (TPSA) is 66.4 Å².